The van der Waals surface area contributed by atoms with E-state index in [1.165, 1.54) is 22.8 Å². The predicted molar refractivity (Wildman–Crippen MR) is 120 cm³/mol. The van der Waals surface area contributed by atoms with Crippen molar-refractivity contribution in [3.63, 3.8) is 0 Å². The normalized spacial score (nSPS) is 17.5. The summed E-state index contributed by atoms with van der Waals surface area (Å²) in [6, 6.07) is 10.5. The predicted octanol–water partition coefficient (Wildman–Crippen LogP) is 3.23. The third-order valence-electron chi connectivity index (χ3n) is 6.35. The highest BCUT2D eigenvalue weighted by molar-refractivity contribution is 5.92. The minimum Gasteiger partial charge on any atom is -0.366 e. The second-order valence-electron chi connectivity index (χ2n) is 8.25. The Balaban J connectivity index is 1.73. The highest BCUT2D eigenvalue weighted by Gasteiger charge is 2.32. The first-order valence-electron chi connectivity index (χ1n) is 10.6. The van der Waals surface area contributed by atoms with Gasteiger partial charge in [-0.15, -0.1) is 0 Å². The molecule has 0 N–H and O–H groups in total. The summed E-state index contributed by atoms with van der Waals surface area (Å²) in [5.41, 5.74) is 1.52. The van der Waals surface area contributed by atoms with E-state index in [1.54, 1.807) is 13.1 Å². The van der Waals surface area contributed by atoms with Crippen LogP contribution in [0.25, 0.3) is 11.0 Å². The highest BCUT2D eigenvalue weighted by Crippen LogP contribution is 2.32. The van der Waals surface area contributed by atoms with Crippen LogP contribution >= 0.6 is 0 Å². The van der Waals surface area contributed by atoms with E-state index in [0.717, 1.165) is 6.07 Å². The van der Waals surface area contributed by atoms with E-state index in [4.69, 9.17) is 0 Å². The smallest absolute Gasteiger partial charge is 0.270 e. The van der Waals surface area contributed by atoms with Crippen LogP contribution in [0.3, 0.4) is 0 Å². The molecule has 33 heavy (non-hydrogen) atoms. The van der Waals surface area contributed by atoms with E-state index in [1.807, 2.05) is 30.9 Å². The fourth-order valence-corrected chi connectivity index (χ4v) is 4.63. The third-order valence-corrected chi connectivity index (χ3v) is 6.35. The highest BCUT2D eigenvalue weighted by atomic mass is 19.1. The Bertz CT molecular complexity index is 1390. The number of rotatable bonds is 3. The molecule has 0 spiro atoms. The molecule has 4 rings (SSSR count). The molecule has 9 heteroatoms. The Kier molecular flexibility index (Phi) is 5.84. The van der Waals surface area contributed by atoms with E-state index < -0.39 is 17.2 Å². The Hall–Kier alpha value is -3.82. The van der Waals surface area contributed by atoms with Crippen molar-refractivity contribution in [2.75, 3.05) is 24.5 Å². The summed E-state index contributed by atoms with van der Waals surface area (Å²) >= 11 is 0. The Morgan fingerprint density at radius 2 is 1.91 bits per heavy atom. The summed E-state index contributed by atoms with van der Waals surface area (Å²) in [7, 11) is 1.57. The van der Waals surface area contributed by atoms with Gasteiger partial charge >= 0.3 is 0 Å². The average Bonchev–Trinajstić information content (AvgIpc) is 2.80. The molecule has 1 fully saturated rings. The van der Waals surface area contributed by atoms with Gasteiger partial charge in [-0.2, -0.15) is 10.5 Å². The number of pyridine rings is 2. The zero-order chi connectivity index (χ0) is 23.9. The maximum Gasteiger partial charge on any atom is 0.270 e. The van der Waals surface area contributed by atoms with Gasteiger partial charge in [-0.25, -0.2) is 13.8 Å². The van der Waals surface area contributed by atoms with Crippen LogP contribution in [0.4, 0.5) is 14.5 Å². The van der Waals surface area contributed by atoms with Gasteiger partial charge in [0.05, 0.1) is 11.2 Å². The van der Waals surface area contributed by atoms with Crippen LogP contribution < -0.4 is 10.5 Å². The Morgan fingerprint density at radius 3 is 2.55 bits per heavy atom. The maximum absolute atomic E-state index is 14.4. The summed E-state index contributed by atoms with van der Waals surface area (Å²) in [5.74, 6) is -1.21. The minimum absolute atomic E-state index is 0.0223. The first-order chi connectivity index (χ1) is 15.8. The summed E-state index contributed by atoms with van der Waals surface area (Å²) < 4.78 is 29.1. The van der Waals surface area contributed by atoms with Crippen molar-refractivity contribution in [2.24, 2.45) is 7.05 Å². The van der Waals surface area contributed by atoms with E-state index in [-0.39, 0.29) is 23.3 Å². The molecule has 1 saturated heterocycles. The first-order valence-corrected chi connectivity index (χ1v) is 10.6. The molecule has 1 aliphatic heterocycles. The van der Waals surface area contributed by atoms with Crippen molar-refractivity contribution >= 4 is 16.7 Å². The number of benzene rings is 1. The van der Waals surface area contributed by atoms with Crippen LogP contribution in [0.15, 0.2) is 35.1 Å². The van der Waals surface area contributed by atoms with Gasteiger partial charge in [0.15, 0.2) is 0 Å². The molecule has 0 radical (unpaired) electrons. The van der Waals surface area contributed by atoms with Crippen LogP contribution in [-0.4, -0.2) is 40.1 Å². The molecule has 0 aliphatic carbocycles. The molecule has 0 amide bonds. The quantitative estimate of drug-likeness (QED) is 0.611. The monoisotopic (exact) mass is 448 g/mol. The number of nitrogens with zero attached hydrogens (tertiary/aromatic N) is 6. The molecular formula is C24H22F2N6O. The molecule has 0 bridgehead atoms. The molecule has 3 aromatic rings. The lowest BCUT2D eigenvalue weighted by molar-refractivity contribution is 0.136. The number of fused-ring (bicyclic) bond motifs is 1. The van der Waals surface area contributed by atoms with E-state index in [9.17, 15) is 24.1 Å². The minimum atomic E-state index is -0.618. The fraction of sp³-hybridized carbons (Fsp3) is 0.333. The number of aromatic nitrogens is 2. The molecular weight excluding hydrogens is 426 g/mol. The molecule has 2 atom stereocenters. The summed E-state index contributed by atoms with van der Waals surface area (Å²) in [5, 5.41) is 19.1. The average molecular weight is 448 g/mol. The second kappa shape index (κ2) is 8.61. The standard InChI is InChI=1S/C24H22F2N6O/c1-14-13-31(8-9-32(14)15(2)18-6-4-16(25)10-20(18)26)23-19(12-28)24(33)30(3)21-7-5-17(11-27)29-22(21)23/h4-7,10,14-15H,8-9,13H2,1-3H3/t14-,15?/m1/s1. The number of anilines is 1. The summed E-state index contributed by atoms with van der Waals surface area (Å²) in [4.78, 5) is 21.3. The van der Waals surface area contributed by atoms with Crippen molar-refractivity contribution in [2.45, 2.75) is 25.9 Å². The fourth-order valence-electron chi connectivity index (χ4n) is 4.63. The van der Waals surface area contributed by atoms with Gasteiger partial charge in [0.1, 0.15) is 40.5 Å². The number of hydrogen-bond donors (Lipinski definition) is 0. The zero-order valence-electron chi connectivity index (χ0n) is 18.5. The van der Waals surface area contributed by atoms with E-state index in [2.05, 4.69) is 9.88 Å². The van der Waals surface area contributed by atoms with Crippen LogP contribution in [0.5, 0.6) is 0 Å². The van der Waals surface area contributed by atoms with Crippen molar-refractivity contribution in [3.8, 4) is 12.1 Å². The summed E-state index contributed by atoms with van der Waals surface area (Å²) in [6.07, 6.45) is 0. The maximum atomic E-state index is 14.4. The van der Waals surface area contributed by atoms with Crippen molar-refractivity contribution in [1.82, 2.24) is 14.5 Å². The number of piperazine rings is 1. The molecule has 7 nitrogen and oxygen atoms in total. The number of halogens is 2. The van der Waals surface area contributed by atoms with Crippen LogP contribution in [0.1, 0.15) is 36.7 Å². The molecule has 1 aromatic carbocycles. The lowest BCUT2D eigenvalue weighted by atomic mass is 10.0. The third kappa shape index (κ3) is 3.81. The SMILES string of the molecule is CC(c1ccc(F)cc1F)N1CCN(c2c(C#N)c(=O)n(C)c3ccc(C#N)nc23)C[C@H]1C. The lowest BCUT2D eigenvalue weighted by Crippen LogP contribution is -2.53. The van der Waals surface area contributed by atoms with Gasteiger partial charge in [-0.3, -0.25) is 9.69 Å². The molecule has 168 valence electrons. The molecule has 1 aliphatic rings. The Morgan fingerprint density at radius 1 is 1.15 bits per heavy atom. The van der Waals surface area contributed by atoms with Crippen molar-refractivity contribution < 1.29 is 8.78 Å². The van der Waals surface area contributed by atoms with Gasteiger partial charge in [0, 0.05) is 50.4 Å². The van der Waals surface area contributed by atoms with Gasteiger partial charge in [-0.05, 0) is 32.0 Å². The van der Waals surface area contributed by atoms with Gasteiger partial charge < -0.3 is 9.47 Å². The summed E-state index contributed by atoms with van der Waals surface area (Å²) in [6.45, 7) is 5.30. The van der Waals surface area contributed by atoms with Gasteiger partial charge in [-0.1, -0.05) is 6.07 Å². The van der Waals surface area contributed by atoms with E-state index in [0.29, 0.717) is 41.9 Å². The molecule has 2 aromatic heterocycles. The number of aryl methyl sites for hydroxylation is 1. The Labute approximate surface area is 189 Å². The van der Waals surface area contributed by atoms with Crippen molar-refractivity contribution in [1.29, 1.82) is 10.5 Å². The van der Waals surface area contributed by atoms with E-state index >= 15 is 0 Å². The zero-order valence-corrected chi connectivity index (χ0v) is 18.5. The first kappa shape index (κ1) is 22.4. The van der Waals surface area contributed by atoms with Crippen LogP contribution in [-0.2, 0) is 7.05 Å². The van der Waals surface area contributed by atoms with Gasteiger partial charge in [0.25, 0.3) is 5.56 Å². The topological polar surface area (TPSA) is 89.0 Å². The second-order valence-corrected chi connectivity index (χ2v) is 8.25. The molecule has 1 unspecified atom stereocenters. The number of nitriles is 2. The molecule has 0 saturated carbocycles. The van der Waals surface area contributed by atoms with Crippen LogP contribution in [0.2, 0.25) is 0 Å². The molecule has 3 heterocycles. The largest absolute Gasteiger partial charge is 0.366 e. The number of hydrogen-bond acceptors (Lipinski definition) is 6. The van der Waals surface area contributed by atoms with Crippen molar-refractivity contribution in [3.05, 3.63) is 69.1 Å². The van der Waals surface area contributed by atoms with Crippen LogP contribution in [0, 0.1) is 34.3 Å². The lowest BCUT2D eigenvalue weighted by Gasteiger charge is -2.44. The van der Waals surface area contributed by atoms with Gasteiger partial charge in [0.2, 0.25) is 0 Å².